The smallest absolute Gasteiger partial charge is 0.0991 e. The van der Waals surface area contributed by atoms with Crippen molar-refractivity contribution in [2.24, 2.45) is 4.99 Å². The van der Waals surface area contributed by atoms with Crippen LogP contribution in [0.1, 0.15) is 54.0 Å². The molecule has 124 valence electrons. The van der Waals surface area contributed by atoms with Gasteiger partial charge in [-0.1, -0.05) is 31.2 Å². The largest absolute Gasteiger partial charge is 0.364 e. The first-order valence-electron chi connectivity index (χ1n) is 8.69. The molecule has 0 amide bonds. The quantitative estimate of drug-likeness (QED) is 0.548. The highest BCUT2D eigenvalue weighted by Gasteiger charge is 2.36. The second kappa shape index (κ2) is 6.44. The van der Waals surface area contributed by atoms with E-state index in [2.05, 4.69) is 64.4 Å². The van der Waals surface area contributed by atoms with Gasteiger partial charge in [-0.2, -0.15) is 5.26 Å². The average Bonchev–Trinajstić information content (AvgIpc) is 2.76. The fourth-order valence-corrected chi connectivity index (χ4v) is 4.48. The van der Waals surface area contributed by atoms with Gasteiger partial charge in [-0.05, 0) is 59.9 Å². The van der Waals surface area contributed by atoms with Crippen molar-refractivity contribution >= 4 is 23.1 Å². The summed E-state index contributed by atoms with van der Waals surface area (Å²) in [6.45, 7) is 3.18. The number of hydrogen-bond donors (Lipinski definition) is 0. The monoisotopic (exact) mass is 345 g/mol. The third kappa shape index (κ3) is 2.66. The molecule has 4 rings (SSSR count). The molecule has 25 heavy (non-hydrogen) atoms. The van der Waals surface area contributed by atoms with Crippen LogP contribution in [0.4, 0.5) is 5.69 Å². The van der Waals surface area contributed by atoms with E-state index in [0.29, 0.717) is 6.04 Å². The number of hydrogen-bond acceptors (Lipinski definition) is 4. The van der Waals surface area contributed by atoms with E-state index in [0.717, 1.165) is 24.9 Å². The van der Waals surface area contributed by atoms with Crippen molar-refractivity contribution in [1.29, 1.82) is 5.26 Å². The lowest BCUT2D eigenvalue weighted by Crippen LogP contribution is -2.38. The Morgan fingerprint density at radius 2 is 1.96 bits per heavy atom. The molecule has 0 saturated carbocycles. The van der Waals surface area contributed by atoms with Crippen LogP contribution in [0.3, 0.4) is 0 Å². The van der Waals surface area contributed by atoms with E-state index in [-0.39, 0.29) is 12.0 Å². The summed E-state index contributed by atoms with van der Waals surface area (Å²) in [5.41, 5.74) is 5.93. The molecule has 2 aromatic rings. The molecule has 2 aromatic carbocycles. The summed E-state index contributed by atoms with van der Waals surface area (Å²) in [6, 6.07) is 17.6. The van der Waals surface area contributed by atoms with Gasteiger partial charge >= 0.3 is 0 Å². The summed E-state index contributed by atoms with van der Waals surface area (Å²) in [5, 5.41) is 11.9. The van der Waals surface area contributed by atoms with Crippen LogP contribution in [0, 0.1) is 11.3 Å². The number of nitriles is 1. The van der Waals surface area contributed by atoms with Gasteiger partial charge in [0.05, 0.1) is 28.9 Å². The summed E-state index contributed by atoms with van der Waals surface area (Å²) in [7, 11) is 0. The van der Waals surface area contributed by atoms with Crippen molar-refractivity contribution < 1.29 is 0 Å². The van der Waals surface area contributed by atoms with Crippen LogP contribution in [-0.4, -0.2) is 17.7 Å². The third-order valence-corrected chi connectivity index (χ3v) is 5.67. The van der Waals surface area contributed by atoms with E-state index in [1.54, 1.807) is 0 Å². The minimum atomic E-state index is 0.238. The molecule has 0 radical (unpaired) electrons. The van der Waals surface area contributed by atoms with Crippen molar-refractivity contribution in [3.8, 4) is 6.07 Å². The number of fused-ring (bicyclic) bond motifs is 5. The minimum Gasteiger partial charge on any atom is -0.364 e. The first-order valence-corrected chi connectivity index (χ1v) is 9.10. The lowest BCUT2D eigenvalue weighted by Gasteiger charge is -2.40. The van der Waals surface area contributed by atoms with Crippen LogP contribution in [0.25, 0.3) is 0 Å². The Balaban J connectivity index is 1.91. The Morgan fingerprint density at radius 3 is 2.72 bits per heavy atom. The number of anilines is 1. The summed E-state index contributed by atoms with van der Waals surface area (Å²) in [6.07, 6.45) is 1.93. The van der Waals surface area contributed by atoms with Crippen molar-refractivity contribution in [3.63, 3.8) is 0 Å². The Kier molecular flexibility index (Phi) is 4.13. The molecule has 2 aliphatic heterocycles. The van der Waals surface area contributed by atoms with Gasteiger partial charge < -0.3 is 4.90 Å². The van der Waals surface area contributed by atoms with E-state index in [1.165, 1.54) is 22.4 Å². The summed E-state index contributed by atoms with van der Waals surface area (Å²) >= 11 is 4.83. The average molecular weight is 345 g/mol. The van der Waals surface area contributed by atoms with Crippen LogP contribution in [0.2, 0.25) is 0 Å². The van der Waals surface area contributed by atoms with Gasteiger partial charge in [0.2, 0.25) is 0 Å². The lowest BCUT2D eigenvalue weighted by molar-refractivity contribution is 0.423. The normalized spacial score (nSPS) is 24.0. The third-order valence-electron chi connectivity index (χ3n) is 5.56. The van der Waals surface area contributed by atoms with Crippen LogP contribution in [-0.2, 0) is 0 Å². The number of rotatable bonds is 1. The van der Waals surface area contributed by atoms with Crippen LogP contribution in [0.15, 0.2) is 47.5 Å². The number of thiocarbonyl (C=S) groups is 1. The molecule has 0 aliphatic carbocycles. The number of isothiocyanates is 1. The molecule has 4 heteroatoms. The Morgan fingerprint density at radius 1 is 1.16 bits per heavy atom. The second-order valence-corrected chi connectivity index (χ2v) is 7.03. The van der Waals surface area contributed by atoms with Crippen LogP contribution >= 0.6 is 12.2 Å². The predicted octanol–water partition coefficient (Wildman–Crippen LogP) is 4.84. The van der Waals surface area contributed by atoms with Crippen LogP contribution in [0.5, 0.6) is 0 Å². The van der Waals surface area contributed by atoms with E-state index < -0.39 is 0 Å². The van der Waals surface area contributed by atoms with Crippen molar-refractivity contribution in [3.05, 3.63) is 64.7 Å². The van der Waals surface area contributed by atoms with Gasteiger partial charge in [0.15, 0.2) is 0 Å². The van der Waals surface area contributed by atoms with Gasteiger partial charge in [0.1, 0.15) is 0 Å². The molecule has 0 aromatic heterocycles. The summed E-state index contributed by atoms with van der Waals surface area (Å²) in [5.74, 6) is 0.262. The standard InChI is InChI=1S/C21H19N3S/c1-14-17-4-2-3-5-18(17)21-11-16(23-13-25)8-9-24(21)20-7-6-15(12-22)10-19(14)20/h2-7,10,14,16,21H,8-9,11H2,1H3/t14-,16?,21-/m0/s1. The molecule has 2 heterocycles. The molecule has 2 aliphatic rings. The first-order chi connectivity index (χ1) is 12.2. The lowest BCUT2D eigenvalue weighted by atomic mass is 9.86. The molecule has 3 nitrogen and oxygen atoms in total. The fraction of sp³-hybridized carbons (Fsp3) is 0.333. The molecular weight excluding hydrogens is 326 g/mol. The van der Waals surface area contributed by atoms with E-state index >= 15 is 0 Å². The molecule has 1 saturated heterocycles. The minimum absolute atomic E-state index is 0.238. The highest BCUT2D eigenvalue weighted by molar-refractivity contribution is 7.78. The molecular formula is C21H19N3S. The van der Waals surface area contributed by atoms with Crippen molar-refractivity contribution in [2.45, 2.75) is 37.8 Å². The highest BCUT2D eigenvalue weighted by Crippen LogP contribution is 2.46. The summed E-state index contributed by atoms with van der Waals surface area (Å²) in [4.78, 5) is 6.87. The summed E-state index contributed by atoms with van der Waals surface area (Å²) < 4.78 is 0. The first kappa shape index (κ1) is 16.0. The van der Waals surface area contributed by atoms with Gasteiger partial charge in [-0.3, -0.25) is 0 Å². The number of benzene rings is 2. The maximum Gasteiger partial charge on any atom is 0.0991 e. The van der Waals surface area contributed by atoms with Crippen molar-refractivity contribution in [2.75, 3.05) is 11.4 Å². The zero-order valence-corrected chi connectivity index (χ0v) is 15.0. The zero-order valence-electron chi connectivity index (χ0n) is 14.1. The van der Waals surface area contributed by atoms with Gasteiger partial charge in [0.25, 0.3) is 0 Å². The zero-order chi connectivity index (χ0) is 17.4. The maximum atomic E-state index is 9.32. The molecule has 0 N–H and O–H groups in total. The van der Waals surface area contributed by atoms with E-state index in [1.807, 2.05) is 6.07 Å². The van der Waals surface area contributed by atoms with Gasteiger partial charge in [-0.15, -0.1) is 0 Å². The van der Waals surface area contributed by atoms with Gasteiger partial charge in [-0.25, -0.2) is 4.99 Å². The predicted molar refractivity (Wildman–Crippen MR) is 103 cm³/mol. The number of piperidine rings is 1. The molecule has 0 bridgehead atoms. The maximum absolute atomic E-state index is 9.32. The molecule has 0 spiro atoms. The number of nitrogens with zero attached hydrogens (tertiary/aromatic N) is 3. The van der Waals surface area contributed by atoms with Gasteiger partial charge in [0, 0.05) is 18.2 Å². The number of aliphatic imine (C=N–C) groups is 1. The Labute approximate surface area is 153 Å². The molecule has 1 unspecified atom stereocenters. The SMILES string of the molecule is C[C@H]1c2ccccc2[C@@H]2CC(N=C=S)CCN2c2ccc(C#N)cc21. The fourth-order valence-electron chi connectivity index (χ4n) is 4.33. The van der Waals surface area contributed by atoms with Crippen molar-refractivity contribution in [1.82, 2.24) is 0 Å². The van der Waals surface area contributed by atoms with E-state index in [9.17, 15) is 5.26 Å². The topological polar surface area (TPSA) is 39.4 Å². The highest BCUT2D eigenvalue weighted by atomic mass is 32.1. The second-order valence-electron chi connectivity index (χ2n) is 6.84. The molecule has 3 atom stereocenters. The van der Waals surface area contributed by atoms with E-state index in [4.69, 9.17) is 12.2 Å². The van der Waals surface area contributed by atoms with Crippen LogP contribution < -0.4 is 4.90 Å². The Hall–Kier alpha value is -2.47. The molecule has 1 fully saturated rings. The Bertz CT molecular complexity index is 908.